The Labute approximate surface area is 109 Å². The highest BCUT2D eigenvalue weighted by atomic mass is 16.2. The van der Waals surface area contributed by atoms with Crippen LogP contribution in [0.15, 0.2) is 24.3 Å². The van der Waals surface area contributed by atoms with Gasteiger partial charge in [0.15, 0.2) is 0 Å². The summed E-state index contributed by atoms with van der Waals surface area (Å²) in [5.74, 6) is 0.218. The molecule has 1 aliphatic heterocycles. The molecule has 2 rings (SSSR count). The average Bonchev–Trinajstić information content (AvgIpc) is 2.41. The molecule has 1 atom stereocenters. The second-order valence-electron chi connectivity index (χ2n) is 5.18. The molecule has 1 fully saturated rings. The Kier molecular flexibility index (Phi) is 4.37. The third kappa shape index (κ3) is 3.33. The van der Waals surface area contributed by atoms with Crippen LogP contribution in [0.25, 0.3) is 0 Å². The first kappa shape index (κ1) is 13.1. The monoisotopic (exact) mass is 246 g/mol. The van der Waals surface area contributed by atoms with Gasteiger partial charge in [0.05, 0.1) is 6.04 Å². The van der Waals surface area contributed by atoms with Crippen molar-refractivity contribution in [2.24, 2.45) is 0 Å². The molecule has 3 nitrogen and oxygen atoms in total. The Bertz CT molecular complexity index is 393. The van der Waals surface area contributed by atoms with Gasteiger partial charge in [0.25, 0.3) is 0 Å². The molecule has 1 aliphatic rings. The molecule has 1 unspecified atom stereocenters. The van der Waals surface area contributed by atoms with Crippen molar-refractivity contribution in [2.45, 2.75) is 38.8 Å². The first-order valence-electron chi connectivity index (χ1n) is 6.71. The zero-order valence-corrected chi connectivity index (χ0v) is 11.3. The third-order valence-electron chi connectivity index (χ3n) is 3.52. The number of rotatable bonds is 3. The Morgan fingerprint density at radius 1 is 1.33 bits per heavy atom. The summed E-state index contributed by atoms with van der Waals surface area (Å²) < 4.78 is 0. The first-order valence-corrected chi connectivity index (χ1v) is 6.71. The molecule has 98 valence electrons. The third-order valence-corrected chi connectivity index (χ3v) is 3.52. The highest BCUT2D eigenvalue weighted by molar-refractivity contribution is 5.81. The van der Waals surface area contributed by atoms with Crippen LogP contribution in [0.3, 0.4) is 0 Å². The minimum Gasteiger partial charge on any atom is -0.340 e. The van der Waals surface area contributed by atoms with E-state index in [-0.39, 0.29) is 11.9 Å². The number of aryl methyl sites for hydroxylation is 1. The molecule has 0 radical (unpaired) electrons. The number of hydrogen-bond acceptors (Lipinski definition) is 2. The lowest BCUT2D eigenvalue weighted by molar-refractivity contribution is -0.133. The van der Waals surface area contributed by atoms with Gasteiger partial charge in [-0.2, -0.15) is 0 Å². The first-order chi connectivity index (χ1) is 8.66. The van der Waals surface area contributed by atoms with Crippen molar-refractivity contribution in [1.29, 1.82) is 0 Å². The maximum absolute atomic E-state index is 12.2. The van der Waals surface area contributed by atoms with Crippen LogP contribution in [-0.2, 0) is 11.3 Å². The second-order valence-corrected chi connectivity index (χ2v) is 5.18. The number of carbonyl (C=O) groups is 1. The van der Waals surface area contributed by atoms with Gasteiger partial charge >= 0.3 is 0 Å². The number of hydrogen-bond donors (Lipinski definition) is 1. The lowest BCUT2D eigenvalue weighted by Gasteiger charge is -2.27. The summed E-state index contributed by atoms with van der Waals surface area (Å²) in [5, 5.41) is 3.30. The van der Waals surface area contributed by atoms with Crippen molar-refractivity contribution in [3.63, 3.8) is 0 Å². The molecule has 1 heterocycles. The van der Waals surface area contributed by atoms with Crippen molar-refractivity contribution >= 4 is 5.91 Å². The summed E-state index contributed by atoms with van der Waals surface area (Å²) in [5.41, 5.74) is 2.44. The number of amides is 1. The second kappa shape index (κ2) is 6.01. The fraction of sp³-hybridized carbons (Fsp3) is 0.533. The van der Waals surface area contributed by atoms with Gasteiger partial charge in [-0.15, -0.1) is 0 Å². The van der Waals surface area contributed by atoms with Crippen LogP contribution in [0.5, 0.6) is 0 Å². The highest BCUT2D eigenvalue weighted by Crippen LogP contribution is 2.11. The summed E-state index contributed by atoms with van der Waals surface area (Å²) in [6, 6.07) is 8.38. The van der Waals surface area contributed by atoms with Crippen molar-refractivity contribution in [3.05, 3.63) is 35.4 Å². The maximum Gasteiger partial charge on any atom is 0.239 e. The van der Waals surface area contributed by atoms with Gasteiger partial charge in [0.1, 0.15) is 0 Å². The molecule has 0 spiro atoms. The van der Waals surface area contributed by atoms with Crippen molar-refractivity contribution in [1.82, 2.24) is 10.2 Å². The van der Waals surface area contributed by atoms with E-state index >= 15 is 0 Å². The highest BCUT2D eigenvalue weighted by Gasteiger charge is 2.23. The molecule has 1 amide bonds. The molecule has 1 aromatic carbocycles. The van der Waals surface area contributed by atoms with E-state index in [2.05, 4.69) is 36.5 Å². The summed E-state index contributed by atoms with van der Waals surface area (Å²) in [7, 11) is 1.89. The normalized spacial score (nSPS) is 19.6. The molecular formula is C15H22N2O. The number of benzene rings is 1. The summed E-state index contributed by atoms with van der Waals surface area (Å²) in [6.45, 7) is 3.73. The summed E-state index contributed by atoms with van der Waals surface area (Å²) >= 11 is 0. The zero-order valence-electron chi connectivity index (χ0n) is 11.3. The molecule has 3 heteroatoms. The van der Waals surface area contributed by atoms with Gasteiger partial charge in [-0.3, -0.25) is 4.79 Å². The van der Waals surface area contributed by atoms with Crippen LogP contribution in [0.1, 0.15) is 30.4 Å². The van der Waals surface area contributed by atoms with E-state index in [4.69, 9.17) is 0 Å². The van der Waals surface area contributed by atoms with Gasteiger partial charge in [-0.25, -0.2) is 0 Å². The van der Waals surface area contributed by atoms with Crippen LogP contribution in [0.4, 0.5) is 0 Å². The number of nitrogens with one attached hydrogen (secondary N) is 1. The SMILES string of the molecule is Cc1ccc(CN(C)C(=O)C2CCCCN2)cc1. The van der Waals surface area contributed by atoms with Gasteiger partial charge in [-0.1, -0.05) is 36.2 Å². The van der Waals surface area contributed by atoms with Gasteiger partial charge in [0.2, 0.25) is 5.91 Å². The number of piperidine rings is 1. The average molecular weight is 246 g/mol. The lowest BCUT2D eigenvalue weighted by Crippen LogP contribution is -2.46. The van der Waals surface area contributed by atoms with Crippen LogP contribution < -0.4 is 5.32 Å². The molecule has 0 aromatic heterocycles. The maximum atomic E-state index is 12.2. The zero-order chi connectivity index (χ0) is 13.0. The van der Waals surface area contributed by atoms with Crippen molar-refractivity contribution in [2.75, 3.05) is 13.6 Å². The Morgan fingerprint density at radius 2 is 2.06 bits per heavy atom. The minimum absolute atomic E-state index is 0.0224. The fourth-order valence-corrected chi connectivity index (χ4v) is 2.37. The molecule has 18 heavy (non-hydrogen) atoms. The van der Waals surface area contributed by atoms with E-state index in [1.54, 1.807) is 0 Å². The molecular weight excluding hydrogens is 224 g/mol. The molecule has 1 saturated heterocycles. The van der Waals surface area contributed by atoms with Crippen molar-refractivity contribution < 1.29 is 4.79 Å². The largest absolute Gasteiger partial charge is 0.340 e. The predicted octanol–water partition coefficient (Wildman–Crippen LogP) is 2.10. The van der Waals surface area contributed by atoms with Gasteiger partial charge < -0.3 is 10.2 Å². The smallest absolute Gasteiger partial charge is 0.239 e. The van der Waals surface area contributed by atoms with E-state index in [1.807, 2.05) is 11.9 Å². The van der Waals surface area contributed by atoms with Crippen molar-refractivity contribution in [3.8, 4) is 0 Å². The minimum atomic E-state index is 0.0224. The molecule has 1 N–H and O–H groups in total. The van der Waals surface area contributed by atoms with Crippen LogP contribution in [-0.4, -0.2) is 30.4 Å². The summed E-state index contributed by atoms with van der Waals surface area (Å²) in [4.78, 5) is 14.1. The number of carbonyl (C=O) groups excluding carboxylic acids is 1. The number of nitrogens with zero attached hydrogens (tertiary/aromatic N) is 1. The van der Waals surface area contributed by atoms with Crippen LogP contribution >= 0.6 is 0 Å². The molecule has 0 bridgehead atoms. The Morgan fingerprint density at radius 3 is 2.67 bits per heavy atom. The van der Waals surface area contributed by atoms with E-state index in [9.17, 15) is 4.79 Å². The standard InChI is InChI=1S/C15H22N2O/c1-12-6-8-13(9-7-12)11-17(2)15(18)14-5-3-4-10-16-14/h6-9,14,16H,3-5,10-11H2,1-2H3. The van der Waals surface area contributed by atoms with E-state index < -0.39 is 0 Å². The van der Waals surface area contributed by atoms with Crippen LogP contribution in [0, 0.1) is 6.92 Å². The Hall–Kier alpha value is -1.35. The quantitative estimate of drug-likeness (QED) is 0.885. The van der Waals surface area contributed by atoms with E-state index in [1.165, 1.54) is 17.5 Å². The topological polar surface area (TPSA) is 32.3 Å². The molecule has 1 aromatic rings. The van der Waals surface area contributed by atoms with Gasteiger partial charge in [-0.05, 0) is 31.9 Å². The molecule has 0 aliphatic carbocycles. The molecule has 0 saturated carbocycles. The summed E-state index contributed by atoms with van der Waals surface area (Å²) in [6.07, 6.45) is 3.31. The van der Waals surface area contributed by atoms with Gasteiger partial charge in [0, 0.05) is 13.6 Å². The van der Waals surface area contributed by atoms with E-state index in [0.717, 1.165) is 19.4 Å². The fourth-order valence-electron chi connectivity index (χ4n) is 2.37. The number of likely N-dealkylation sites (N-methyl/N-ethyl adjacent to an activating group) is 1. The predicted molar refractivity (Wildman–Crippen MR) is 73.3 cm³/mol. The lowest BCUT2D eigenvalue weighted by atomic mass is 10.0. The van der Waals surface area contributed by atoms with Crippen LogP contribution in [0.2, 0.25) is 0 Å². The van der Waals surface area contributed by atoms with E-state index in [0.29, 0.717) is 6.54 Å². The Balaban J connectivity index is 1.92.